The standard InChI is InChI=1S/C13H21N3O2S/c1-16(10-11-5-3-2-4-6-11)19(17,18)13-9-15-8-7-12(13)14/h7-9,11H,2-6,10H2,1H3,(H2,14,15). The van der Waals surface area contributed by atoms with Gasteiger partial charge < -0.3 is 5.73 Å². The molecule has 0 aliphatic heterocycles. The second-order valence-corrected chi connectivity index (χ2v) is 7.22. The summed E-state index contributed by atoms with van der Waals surface area (Å²) in [5.41, 5.74) is 5.99. The van der Waals surface area contributed by atoms with Crippen molar-refractivity contribution in [2.75, 3.05) is 19.3 Å². The molecule has 1 aliphatic carbocycles. The summed E-state index contributed by atoms with van der Waals surface area (Å²) >= 11 is 0. The van der Waals surface area contributed by atoms with E-state index in [4.69, 9.17) is 5.73 Å². The number of nitrogens with two attached hydrogens (primary N) is 1. The molecule has 0 aromatic carbocycles. The van der Waals surface area contributed by atoms with Gasteiger partial charge in [0.05, 0.1) is 5.69 Å². The first kappa shape index (κ1) is 14.3. The molecule has 1 aromatic rings. The van der Waals surface area contributed by atoms with E-state index in [0.717, 1.165) is 12.8 Å². The van der Waals surface area contributed by atoms with E-state index in [1.165, 1.54) is 42.0 Å². The van der Waals surface area contributed by atoms with Crippen molar-refractivity contribution >= 4 is 15.7 Å². The van der Waals surface area contributed by atoms with E-state index in [1.807, 2.05) is 0 Å². The molecule has 106 valence electrons. The predicted octanol–water partition coefficient (Wildman–Crippen LogP) is 1.86. The number of pyridine rings is 1. The van der Waals surface area contributed by atoms with Gasteiger partial charge in [-0.15, -0.1) is 0 Å². The van der Waals surface area contributed by atoms with Gasteiger partial charge >= 0.3 is 0 Å². The molecule has 2 N–H and O–H groups in total. The van der Waals surface area contributed by atoms with Crippen LogP contribution < -0.4 is 5.73 Å². The van der Waals surface area contributed by atoms with Crippen LogP contribution in [-0.4, -0.2) is 31.3 Å². The van der Waals surface area contributed by atoms with E-state index in [0.29, 0.717) is 12.5 Å². The molecule has 0 spiro atoms. The number of anilines is 1. The van der Waals surface area contributed by atoms with Gasteiger partial charge in [-0.2, -0.15) is 0 Å². The average molecular weight is 283 g/mol. The van der Waals surface area contributed by atoms with E-state index in [-0.39, 0.29) is 10.6 Å². The van der Waals surface area contributed by atoms with Gasteiger partial charge in [0.25, 0.3) is 0 Å². The number of aromatic nitrogens is 1. The summed E-state index contributed by atoms with van der Waals surface area (Å²) in [5.74, 6) is 0.464. The van der Waals surface area contributed by atoms with Crippen LogP contribution in [0.1, 0.15) is 32.1 Å². The Kier molecular flexibility index (Phi) is 4.42. The molecule has 0 radical (unpaired) electrons. The first-order valence-corrected chi connectivity index (χ1v) is 8.11. The second kappa shape index (κ2) is 5.88. The molecule has 0 amide bonds. The Morgan fingerprint density at radius 1 is 1.37 bits per heavy atom. The smallest absolute Gasteiger partial charge is 0.246 e. The summed E-state index contributed by atoms with van der Waals surface area (Å²) in [4.78, 5) is 3.96. The maximum atomic E-state index is 12.4. The molecule has 0 atom stereocenters. The zero-order valence-corrected chi connectivity index (χ0v) is 12.1. The summed E-state index contributed by atoms with van der Waals surface area (Å²) in [6.07, 6.45) is 8.71. The molecule has 0 bridgehead atoms. The van der Waals surface area contributed by atoms with Gasteiger partial charge in [-0.3, -0.25) is 4.98 Å². The lowest BCUT2D eigenvalue weighted by molar-refractivity contribution is 0.300. The molecule has 19 heavy (non-hydrogen) atoms. The van der Waals surface area contributed by atoms with Crippen LogP contribution in [0.5, 0.6) is 0 Å². The number of nitrogens with zero attached hydrogens (tertiary/aromatic N) is 2. The normalized spacial score (nSPS) is 17.8. The van der Waals surface area contributed by atoms with Gasteiger partial charge in [0.2, 0.25) is 10.0 Å². The molecule has 5 nitrogen and oxygen atoms in total. The zero-order chi connectivity index (χ0) is 13.9. The molecule has 1 fully saturated rings. The molecule has 0 unspecified atom stereocenters. The van der Waals surface area contributed by atoms with Crippen molar-refractivity contribution in [1.82, 2.24) is 9.29 Å². The largest absolute Gasteiger partial charge is 0.398 e. The molecule has 0 saturated heterocycles. The molecule has 6 heteroatoms. The van der Waals surface area contributed by atoms with E-state index >= 15 is 0 Å². The molecule has 1 aromatic heterocycles. The lowest BCUT2D eigenvalue weighted by atomic mass is 9.89. The monoisotopic (exact) mass is 283 g/mol. The molecular formula is C13H21N3O2S. The SMILES string of the molecule is CN(CC1CCCCC1)S(=O)(=O)c1cnccc1N. The van der Waals surface area contributed by atoms with Gasteiger partial charge in [0.1, 0.15) is 4.90 Å². The second-order valence-electron chi connectivity index (χ2n) is 5.20. The number of sulfonamides is 1. The van der Waals surface area contributed by atoms with E-state index in [2.05, 4.69) is 4.98 Å². The van der Waals surface area contributed by atoms with Crippen LogP contribution in [0.4, 0.5) is 5.69 Å². The maximum Gasteiger partial charge on any atom is 0.246 e. The number of nitrogen functional groups attached to an aromatic ring is 1. The third-order valence-corrected chi connectivity index (χ3v) is 5.61. The Balaban J connectivity index is 2.13. The summed E-state index contributed by atoms with van der Waals surface area (Å²) in [5, 5.41) is 0. The van der Waals surface area contributed by atoms with Crippen molar-refractivity contribution in [3.8, 4) is 0 Å². The van der Waals surface area contributed by atoms with Crippen LogP contribution in [0.15, 0.2) is 23.4 Å². The van der Waals surface area contributed by atoms with Crippen molar-refractivity contribution in [1.29, 1.82) is 0 Å². The summed E-state index contributed by atoms with van der Waals surface area (Å²) in [7, 11) is -1.90. The van der Waals surface area contributed by atoms with Crippen LogP contribution in [0.2, 0.25) is 0 Å². The number of hydrogen-bond acceptors (Lipinski definition) is 4. The number of rotatable bonds is 4. The minimum Gasteiger partial charge on any atom is -0.398 e. The number of hydrogen-bond donors (Lipinski definition) is 1. The quantitative estimate of drug-likeness (QED) is 0.915. The minimum atomic E-state index is -3.52. The summed E-state index contributed by atoms with van der Waals surface area (Å²) in [6.45, 7) is 0.566. The minimum absolute atomic E-state index is 0.105. The molecular weight excluding hydrogens is 262 g/mol. The van der Waals surface area contributed by atoms with Crippen LogP contribution >= 0.6 is 0 Å². The van der Waals surface area contributed by atoms with Crippen molar-refractivity contribution in [2.45, 2.75) is 37.0 Å². The fourth-order valence-corrected chi connectivity index (χ4v) is 3.91. The summed E-state index contributed by atoms with van der Waals surface area (Å²) in [6, 6.07) is 1.52. The van der Waals surface area contributed by atoms with Gasteiger partial charge in [-0.05, 0) is 24.8 Å². The Hall–Kier alpha value is -1.14. The summed E-state index contributed by atoms with van der Waals surface area (Å²) < 4.78 is 26.3. The lowest BCUT2D eigenvalue weighted by Gasteiger charge is -2.26. The lowest BCUT2D eigenvalue weighted by Crippen LogP contribution is -2.33. The fourth-order valence-electron chi connectivity index (χ4n) is 2.61. The van der Waals surface area contributed by atoms with Crippen LogP contribution in [0, 0.1) is 5.92 Å². The third kappa shape index (κ3) is 3.25. The van der Waals surface area contributed by atoms with E-state index in [9.17, 15) is 8.42 Å². The van der Waals surface area contributed by atoms with Crippen molar-refractivity contribution in [2.24, 2.45) is 5.92 Å². The maximum absolute atomic E-state index is 12.4. The highest BCUT2D eigenvalue weighted by Gasteiger charge is 2.26. The highest BCUT2D eigenvalue weighted by Crippen LogP contribution is 2.27. The van der Waals surface area contributed by atoms with Gasteiger partial charge in [-0.25, -0.2) is 12.7 Å². The van der Waals surface area contributed by atoms with Crippen molar-refractivity contribution in [3.63, 3.8) is 0 Å². The van der Waals surface area contributed by atoms with Gasteiger partial charge in [0, 0.05) is 26.0 Å². The van der Waals surface area contributed by atoms with Crippen molar-refractivity contribution in [3.05, 3.63) is 18.5 Å². The van der Waals surface area contributed by atoms with Crippen LogP contribution in [0.25, 0.3) is 0 Å². The fraction of sp³-hybridized carbons (Fsp3) is 0.615. The highest BCUT2D eigenvalue weighted by atomic mass is 32.2. The zero-order valence-electron chi connectivity index (χ0n) is 11.2. The molecule has 1 saturated carbocycles. The first-order chi connectivity index (χ1) is 9.01. The first-order valence-electron chi connectivity index (χ1n) is 6.67. The molecule has 1 aliphatic rings. The predicted molar refractivity (Wildman–Crippen MR) is 75.0 cm³/mol. The van der Waals surface area contributed by atoms with E-state index < -0.39 is 10.0 Å². The molecule has 2 rings (SSSR count). The van der Waals surface area contributed by atoms with Gasteiger partial charge in [0.15, 0.2) is 0 Å². The van der Waals surface area contributed by atoms with E-state index in [1.54, 1.807) is 7.05 Å². The Labute approximate surface area is 114 Å². The van der Waals surface area contributed by atoms with Gasteiger partial charge in [-0.1, -0.05) is 19.3 Å². The average Bonchev–Trinajstić information content (AvgIpc) is 2.40. The highest BCUT2D eigenvalue weighted by molar-refractivity contribution is 7.89. The Morgan fingerprint density at radius 2 is 2.05 bits per heavy atom. The topological polar surface area (TPSA) is 76.3 Å². The van der Waals surface area contributed by atoms with Crippen LogP contribution in [0.3, 0.4) is 0 Å². The third-order valence-electron chi connectivity index (χ3n) is 3.74. The van der Waals surface area contributed by atoms with Crippen molar-refractivity contribution < 1.29 is 8.42 Å². The molecule has 1 heterocycles. The Morgan fingerprint density at radius 3 is 2.68 bits per heavy atom. The Bertz CT molecular complexity index is 524. The van der Waals surface area contributed by atoms with Crippen LogP contribution in [-0.2, 0) is 10.0 Å².